The van der Waals surface area contributed by atoms with Crippen LogP contribution in [0.4, 0.5) is 4.39 Å². The maximum atomic E-state index is 14.0. The molecule has 1 saturated heterocycles. The number of alkyl halides is 1. The third kappa shape index (κ3) is 3.20. The Kier molecular flexibility index (Phi) is 4.95. The number of methoxy groups -OCH3 is 1. The van der Waals surface area contributed by atoms with E-state index in [1.54, 1.807) is 4.90 Å². The zero-order valence-electron chi connectivity index (χ0n) is 10.9. The summed E-state index contributed by atoms with van der Waals surface area (Å²) in [4.78, 5) is 13.3. The van der Waals surface area contributed by atoms with Gasteiger partial charge in [0, 0.05) is 13.1 Å². The van der Waals surface area contributed by atoms with Crippen LogP contribution in [0.3, 0.4) is 0 Å². The second-order valence-corrected chi connectivity index (χ2v) is 5.12. The van der Waals surface area contributed by atoms with Crippen LogP contribution in [-0.4, -0.2) is 43.7 Å². The van der Waals surface area contributed by atoms with E-state index in [2.05, 4.69) is 0 Å². The Bertz CT molecular complexity index is 281. The highest BCUT2D eigenvalue weighted by Gasteiger charge is 2.35. The molecular weight excluding hydrogens is 237 g/mol. The van der Waals surface area contributed by atoms with Crippen molar-refractivity contribution in [3.8, 4) is 0 Å². The van der Waals surface area contributed by atoms with Crippen molar-refractivity contribution in [2.75, 3.05) is 20.2 Å². The van der Waals surface area contributed by atoms with Crippen molar-refractivity contribution in [1.29, 1.82) is 0 Å². The molecule has 2 rings (SSSR count). The van der Waals surface area contributed by atoms with Gasteiger partial charge < -0.3 is 9.47 Å². The molecule has 3 atom stereocenters. The summed E-state index contributed by atoms with van der Waals surface area (Å²) >= 11 is 0. The average molecular weight is 259 g/mol. The standard InChI is InChI=1S/C13H22FNO3/c1-17-12(16)10-6-2-3-7-11(10)18-13(14)15-8-4-5-9-15/h10-11,13H,2-9H2,1H3/t10-,11-,13-/m0/s1. The number of nitrogens with zero attached hydrogens (tertiary/aromatic N) is 1. The molecule has 0 amide bonds. The number of halogens is 1. The first-order valence-electron chi connectivity index (χ1n) is 6.84. The molecule has 5 heteroatoms. The van der Waals surface area contributed by atoms with E-state index in [9.17, 15) is 9.18 Å². The van der Waals surface area contributed by atoms with E-state index in [0.717, 1.165) is 51.6 Å². The van der Waals surface area contributed by atoms with E-state index in [1.165, 1.54) is 7.11 Å². The molecule has 0 bridgehead atoms. The van der Waals surface area contributed by atoms with Gasteiger partial charge in [-0.15, -0.1) is 0 Å². The summed E-state index contributed by atoms with van der Waals surface area (Å²) in [6.07, 6.45) is 5.18. The lowest BCUT2D eigenvalue weighted by atomic mass is 9.86. The minimum atomic E-state index is -1.37. The van der Waals surface area contributed by atoms with Gasteiger partial charge in [-0.05, 0) is 25.7 Å². The zero-order valence-corrected chi connectivity index (χ0v) is 10.9. The van der Waals surface area contributed by atoms with Crippen molar-refractivity contribution < 1.29 is 18.7 Å². The molecule has 1 heterocycles. The molecule has 2 fully saturated rings. The summed E-state index contributed by atoms with van der Waals surface area (Å²) in [5.41, 5.74) is 0. The lowest BCUT2D eigenvalue weighted by molar-refractivity contribution is -0.194. The summed E-state index contributed by atoms with van der Waals surface area (Å²) in [7, 11) is 1.38. The fourth-order valence-electron chi connectivity index (χ4n) is 2.86. The maximum Gasteiger partial charge on any atom is 0.311 e. The molecule has 2 aliphatic rings. The zero-order chi connectivity index (χ0) is 13.0. The average Bonchev–Trinajstić information content (AvgIpc) is 2.92. The molecule has 0 aromatic heterocycles. The molecule has 104 valence electrons. The highest BCUT2D eigenvalue weighted by Crippen LogP contribution is 2.30. The Labute approximate surface area is 107 Å². The minimum Gasteiger partial charge on any atom is -0.469 e. The molecule has 0 aromatic rings. The van der Waals surface area contributed by atoms with Crippen LogP contribution in [0.1, 0.15) is 38.5 Å². The van der Waals surface area contributed by atoms with E-state index in [1.807, 2.05) is 0 Å². The molecule has 1 aliphatic carbocycles. The molecule has 0 spiro atoms. The molecule has 18 heavy (non-hydrogen) atoms. The van der Waals surface area contributed by atoms with Crippen molar-refractivity contribution in [3.63, 3.8) is 0 Å². The van der Waals surface area contributed by atoms with Gasteiger partial charge >= 0.3 is 5.97 Å². The van der Waals surface area contributed by atoms with Gasteiger partial charge in [-0.25, -0.2) is 0 Å². The normalized spacial score (nSPS) is 31.2. The summed E-state index contributed by atoms with van der Waals surface area (Å²) in [6.45, 7) is 0.121. The van der Waals surface area contributed by atoms with Gasteiger partial charge in [0.1, 0.15) is 0 Å². The highest BCUT2D eigenvalue weighted by molar-refractivity contribution is 5.73. The van der Waals surface area contributed by atoms with E-state index in [0.29, 0.717) is 0 Å². The fourth-order valence-corrected chi connectivity index (χ4v) is 2.86. The Balaban J connectivity index is 1.90. The molecule has 1 saturated carbocycles. The van der Waals surface area contributed by atoms with Gasteiger partial charge in [0.05, 0.1) is 19.1 Å². The van der Waals surface area contributed by atoms with Gasteiger partial charge in [-0.2, -0.15) is 4.39 Å². The number of carbonyl (C=O) groups is 1. The SMILES string of the molecule is COC(=O)[C@H]1CCCC[C@@H]1O[C@@H](F)N1CCCC1. The van der Waals surface area contributed by atoms with Crippen LogP contribution in [0.5, 0.6) is 0 Å². The van der Waals surface area contributed by atoms with Crippen LogP contribution in [0.25, 0.3) is 0 Å². The lowest BCUT2D eigenvalue weighted by Crippen LogP contribution is -2.41. The Morgan fingerprint density at radius 3 is 2.56 bits per heavy atom. The van der Waals surface area contributed by atoms with E-state index in [4.69, 9.17) is 9.47 Å². The van der Waals surface area contributed by atoms with Gasteiger partial charge in [0.15, 0.2) is 0 Å². The Morgan fingerprint density at radius 1 is 1.22 bits per heavy atom. The third-order valence-corrected chi connectivity index (χ3v) is 3.92. The number of hydrogen-bond donors (Lipinski definition) is 0. The van der Waals surface area contributed by atoms with E-state index >= 15 is 0 Å². The van der Waals surface area contributed by atoms with Crippen molar-refractivity contribution >= 4 is 5.97 Å². The van der Waals surface area contributed by atoms with Crippen molar-refractivity contribution in [3.05, 3.63) is 0 Å². The molecule has 4 nitrogen and oxygen atoms in total. The first kappa shape index (κ1) is 13.7. The number of ether oxygens (including phenoxy) is 2. The molecule has 1 aliphatic heterocycles. The van der Waals surface area contributed by atoms with Crippen LogP contribution >= 0.6 is 0 Å². The summed E-state index contributed by atoms with van der Waals surface area (Å²) in [6, 6.07) is 0. The molecule has 0 aromatic carbocycles. The third-order valence-electron chi connectivity index (χ3n) is 3.92. The number of carbonyl (C=O) groups excluding carboxylic acids is 1. The van der Waals surface area contributed by atoms with Gasteiger partial charge in [0.2, 0.25) is 0 Å². The Hall–Kier alpha value is -0.680. The first-order valence-corrected chi connectivity index (χ1v) is 6.84. The second-order valence-electron chi connectivity index (χ2n) is 5.12. The van der Waals surface area contributed by atoms with Crippen LogP contribution in [0, 0.1) is 5.92 Å². The van der Waals surface area contributed by atoms with Crippen LogP contribution < -0.4 is 0 Å². The molecule has 0 unspecified atom stereocenters. The topological polar surface area (TPSA) is 38.8 Å². The lowest BCUT2D eigenvalue weighted by Gasteiger charge is -2.32. The second kappa shape index (κ2) is 6.48. The van der Waals surface area contributed by atoms with Gasteiger partial charge in [0.25, 0.3) is 6.48 Å². The predicted molar refractivity (Wildman–Crippen MR) is 64.6 cm³/mol. The van der Waals surface area contributed by atoms with Crippen molar-refractivity contribution in [2.45, 2.75) is 51.1 Å². The van der Waals surface area contributed by atoms with Crippen molar-refractivity contribution in [1.82, 2.24) is 4.90 Å². The van der Waals surface area contributed by atoms with Gasteiger partial charge in [-0.3, -0.25) is 9.69 Å². The quantitative estimate of drug-likeness (QED) is 0.572. The summed E-state index contributed by atoms with van der Waals surface area (Å²) in [5, 5.41) is 0. The highest BCUT2D eigenvalue weighted by atomic mass is 19.1. The van der Waals surface area contributed by atoms with Crippen LogP contribution in [0.15, 0.2) is 0 Å². The summed E-state index contributed by atoms with van der Waals surface area (Å²) < 4.78 is 24.2. The fraction of sp³-hybridized carbons (Fsp3) is 0.923. The van der Waals surface area contributed by atoms with E-state index in [-0.39, 0.29) is 18.0 Å². The number of rotatable bonds is 4. The van der Waals surface area contributed by atoms with Gasteiger partial charge in [-0.1, -0.05) is 12.8 Å². The summed E-state index contributed by atoms with van der Waals surface area (Å²) in [5.74, 6) is -0.571. The Morgan fingerprint density at radius 2 is 1.89 bits per heavy atom. The molecule has 0 radical (unpaired) electrons. The molecular formula is C13H22FNO3. The number of hydrogen-bond acceptors (Lipinski definition) is 4. The monoisotopic (exact) mass is 259 g/mol. The smallest absolute Gasteiger partial charge is 0.311 e. The maximum absolute atomic E-state index is 14.0. The van der Waals surface area contributed by atoms with Crippen LogP contribution in [0.2, 0.25) is 0 Å². The van der Waals surface area contributed by atoms with E-state index < -0.39 is 6.48 Å². The predicted octanol–water partition coefficient (Wildman–Crippen LogP) is 2.08. The molecule has 0 N–H and O–H groups in total. The largest absolute Gasteiger partial charge is 0.469 e. The number of esters is 1. The number of likely N-dealkylation sites (tertiary alicyclic amines) is 1. The van der Waals surface area contributed by atoms with Crippen LogP contribution in [-0.2, 0) is 14.3 Å². The first-order chi connectivity index (χ1) is 8.72. The minimum absolute atomic E-state index is 0.270. The van der Waals surface area contributed by atoms with Crippen molar-refractivity contribution in [2.24, 2.45) is 5.92 Å².